The van der Waals surface area contributed by atoms with Crippen molar-refractivity contribution in [3.63, 3.8) is 0 Å². The fourth-order valence-electron chi connectivity index (χ4n) is 1.94. The summed E-state index contributed by atoms with van der Waals surface area (Å²) in [5.41, 5.74) is 4.37. The number of thioether (sulfide) groups is 1. The summed E-state index contributed by atoms with van der Waals surface area (Å²) in [7, 11) is 0. The second-order valence-electron chi connectivity index (χ2n) is 6.31. The molecule has 2 N–H and O–H groups in total. The molecule has 0 saturated carbocycles. The van der Waals surface area contributed by atoms with Gasteiger partial charge in [0.2, 0.25) is 11.1 Å². The van der Waals surface area contributed by atoms with Crippen LogP contribution in [-0.4, -0.2) is 32.1 Å². The molecule has 0 aliphatic carbocycles. The molecule has 0 atom stereocenters. The third-order valence-corrected chi connectivity index (χ3v) is 4.96. The topological polar surface area (TPSA) is 71.8 Å². The first kappa shape index (κ1) is 17.8. The monoisotopic (exact) mass is 353 g/mol. The number of aromatic nitrogens is 3. The van der Waals surface area contributed by atoms with Gasteiger partial charge in [0.05, 0.1) is 12.3 Å². The summed E-state index contributed by atoms with van der Waals surface area (Å²) in [6, 6.07) is 2.10. The summed E-state index contributed by atoms with van der Waals surface area (Å²) in [6.45, 7) is 10.6. The smallest absolute Gasteiger partial charge is 0.230 e. The Hall–Kier alpha value is -1.54. The third kappa shape index (κ3) is 5.24. The van der Waals surface area contributed by atoms with Crippen LogP contribution in [0.5, 0.6) is 0 Å². The van der Waals surface area contributed by atoms with Gasteiger partial charge in [0.25, 0.3) is 0 Å². The number of hydrogen-bond acceptors (Lipinski definition) is 6. The van der Waals surface area contributed by atoms with E-state index < -0.39 is 0 Å². The van der Waals surface area contributed by atoms with Gasteiger partial charge in [0.1, 0.15) is 5.82 Å². The zero-order valence-corrected chi connectivity index (χ0v) is 15.8. The van der Waals surface area contributed by atoms with Crippen molar-refractivity contribution in [3.05, 3.63) is 27.7 Å². The minimum absolute atomic E-state index is 0.0104. The Bertz CT molecular complexity index is 672. The highest BCUT2D eigenvalue weighted by Crippen LogP contribution is 2.18. The lowest BCUT2D eigenvalue weighted by atomic mass is 10.1. The Morgan fingerprint density at radius 1 is 1.35 bits per heavy atom. The maximum atomic E-state index is 11.9. The quantitative estimate of drug-likeness (QED) is 0.781. The molecule has 0 fully saturated rings. The molecule has 0 aromatic carbocycles. The number of hydrogen-bond donors (Lipinski definition) is 2. The average molecular weight is 354 g/mol. The highest BCUT2D eigenvalue weighted by molar-refractivity contribution is 7.99. The van der Waals surface area contributed by atoms with Crippen molar-refractivity contribution in [1.29, 1.82) is 0 Å². The molecule has 1 amide bonds. The number of thiophene rings is 1. The number of aryl methyl sites for hydroxylation is 2. The lowest BCUT2D eigenvalue weighted by Gasteiger charge is -2.20. The standard InChI is InChI=1S/C15H23N5OS2/c1-10-6-7-22-12(10)8-16-20-11(2)18-19-14(20)23-9-13(21)17-15(3,4)5/h6-7,16H,8-9H2,1-5H3,(H,17,21). The van der Waals surface area contributed by atoms with Gasteiger partial charge in [-0.25, -0.2) is 4.68 Å². The molecule has 0 radical (unpaired) electrons. The van der Waals surface area contributed by atoms with Gasteiger partial charge in [-0.2, -0.15) is 0 Å². The predicted octanol–water partition coefficient (Wildman–Crippen LogP) is 2.71. The molecule has 8 heteroatoms. The molecule has 0 aliphatic heterocycles. The summed E-state index contributed by atoms with van der Waals surface area (Å²) in [6.07, 6.45) is 0. The van der Waals surface area contributed by atoms with E-state index in [1.54, 1.807) is 11.3 Å². The lowest BCUT2D eigenvalue weighted by Crippen LogP contribution is -2.41. The Kier molecular flexibility index (Phi) is 5.69. The number of amides is 1. The minimum Gasteiger partial charge on any atom is -0.351 e. The first-order valence-corrected chi connectivity index (χ1v) is 9.25. The number of carbonyl (C=O) groups excluding carboxylic acids is 1. The molecule has 0 spiro atoms. The fraction of sp³-hybridized carbons (Fsp3) is 0.533. The number of rotatable bonds is 6. The Labute approximate surface area is 145 Å². The van der Waals surface area contributed by atoms with E-state index >= 15 is 0 Å². The van der Waals surface area contributed by atoms with Crippen LogP contribution >= 0.6 is 23.1 Å². The van der Waals surface area contributed by atoms with E-state index in [0.29, 0.717) is 17.5 Å². The Morgan fingerprint density at radius 3 is 2.70 bits per heavy atom. The maximum Gasteiger partial charge on any atom is 0.230 e. The van der Waals surface area contributed by atoms with Crippen LogP contribution in [0.1, 0.15) is 37.0 Å². The van der Waals surface area contributed by atoms with Gasteiger partial charge < -0.3 is 10.7 Å². The zero-order valence-electron chi connectivity index (χ0n) is 14.1. The maximum absolute atomic E-state index is 11.9. The molecular weight excluding hydrogens is 330 g/mol. The van der Waals surface area contributed by atoms with E-state index in [0.717, 1.165) is 5.82 Å². The molecule has 2 rings (SSSR count). The molecular formula is C15H23N5OS2. The van der Waals surface area contributed by atoms with E-state index in [9.17, 15) is 4.79 Å². The summed E-state index contributed by atoms with van der Waals surface area (Å²) in [4.78, 5) is 13.2. The van der Waals surface area contributed by atoms with Crippen LogP contribution in [0, 0.1) is 13.8 Å². The highest BCUT2D eigenvalue weighted by atomic mass is 32.2. The van der Waals surface area contributed by atoms with E-state index in [4.69, 9.17) is 0 Å². The normalized spacial score (nSPS) is 11.5. The fourth-order valence-corrected chi connectivity index (χ4v) is 3.53. The van der Waals surface area contributed by atoms with E-state index in [1.807, 2.05) is 32.4 Å². The van der Waals surface area contributed by atoms with Gasteiger partial charge in [-0.15, -0.1) is 21.5 Å². The van der Waals surface area contributed by atoms with Crippen LogP contribution in [0.3, 0.4) is 0 Å². The van der Waals surface area contributed by atoms with Crippen LogP contribution in [-0.2, 0) is 11.3 Å². The summed E-state index contributed by atoms with van der Waals surface area (Å²) in [5, 5.41) is 14.0. The largest absolute Gasteiger partial charge is 0.351 e. The van der Waals surface area contributed by atoms with E-state index in [-0.39, 0.29) is 11.4 Å². The van der Waals surface area contributed by atoms with Crippen LogP contribution < -0.4 is 10.7 Å². The molecule has 0 unspecified atom stereocenters. The average Bonchev–Trinajstić information content (AvgIpc) is 2.99. The molecule has 126 valence electrons. The second-order valence-corrected chi connectivity index (χ2v) is 8.26. The summed E-state index contributed by atoms with van der Waals surface area (Å²) >= 11 is 3.10. The highest BCUT2D eigenvalue weighted by Gasteiger charge is 2.16. The molecule has 2 aromatic heterocycles. The summed E-state index contributed by atoms with van der Waals surface area (Å²) in [5.74, 6) is 1.08. The van der Waals surface area contributed by atoms with E-state index in [2.05, 4.69) is 39.3 Å². The van der Waals surface area contributed by atoms with Gasteiger partial charge in [-0.3, -0.25) is 4.79 Å². The van der Waals surface area contributed by atoms with Crippen LogP contribution in [0.2, 0.25) is 0 Å². The van der Waals surface area contributed by atoms with Crippen molar-refractivity contribution in [2.45, 2.75) is 51.9 Å². The van der Waals surface area contributed by atoms with E-state index in [1.165, 1.54) is 22.2 Å². The van der Waals surface area contributed by atoms with Gasteiger partial charge >= 0.3 is 0 Å². The molecule has 0 saturated heterocycles. The summed E-state index contributed by atoms with van der Waals surface area (Å²) < 4.78 is 1.84. The molecule has 0 aliphatic rings. The molecule has 2 aromatic rings. The number of nitrogens with one attached hydrogen (secondary N) is 2. The van der Waals surface area contributed by atoms with Crippen molar-refractivity contribution in [2.75, 3.05) is 11.2 Å². The molecule has 6 nitrogen and oxygen atoms in total. The van der Waals surface area contributed by atoms with Crippen molar-refractivity contribution in [2.24, 2.45) is 0 Å². The van der Waals surface area contributed by atoms with Crippen LogP contribution in [0.4, 0.5) is 0 Å². The van der Waals surface area contributed by atoms with Gasteiger partial charge in [-0.05, 0) is 51.6 Å². The van der Waals surface area contributed by atoms with Gasteiger partial charge in [-0.1, -0.05) is 11.8 Å². The second kappa shape index (κ2) is 7.35. The number of nitrogens with zero attached hydrogens (tertiary/aromatic N) is 3. The Morgan fingerprint density at radius 2 is 2.09 bits per heavy atom. The minimum atomic E-state index is -0.226. The van der Waals surface area contributed by atoms with Crippen LogP contribution in [0.15, 0.2) is 16.6 Å². The first-order valence-electron chi connectivity index (χ1n) is 7.39. The van der Waals surface area contributed by atoms with Crippen molar-refractivity contribution < 1.29 is 4.79 Å². The van der Waals surface area contributed by atoms with Gasteiger partial charge in [0.15, 0.2) is 0 Å². The first-order chi connectivity index (χ1) is 10.8. The zero-order chi connectivity index (χ0) is 17.0. The van der Waals surface area contributed by atoms with Crippen molar-refractivity contribution in [1.82, 2.24) is 20.2 Å². The predicted molar refractivity (Wildman–Crippen MR) is 95.5 cm³/mol. The molecule has 23 heavy (non-hydrogen) atoms. The molecule has 0 bridgehead atoms. The third-order valence-electron chi connectivity index (χ3n) is 3.01. The Balaban J connectivity index is 1.96. The molecule has 2 heterocycles. The van der Waals surface area contributed by atoms with Crippen LogP contribution in [0.25, 0.3) is 0 Å². The SMILES string of the molecule is Cc1ccsc1CNn1c(C)nnc1SCC(=O)NC(C)(C)C. The van der Waals surface area contributed by atoms with Crippen molar-refractivity contribution in [3.8, 4) is 0 Å². The lowest BCUT2D eigenvalue weighted by molar-refractivity contribution is -0.119. The van der Waals surface area contributed by atoms with Crippen molar-refractivity contribution >= 4 is 29.0 Å². The number of carbonyl (C=O) groups is 1. The van der Waals surface area contributed by atoms with Gasteiger partial charge in [0, 0.05) is 10.4 Å².